The Morgan fingerprint density at radius 3 is 2.30 bits per heavy atom. The highest BCUT2D eigenvalue weighted by Gasteiger charge is 2.28. The van der Waals surface area contributed by atoms with Crippen molar-refractivity contribution in [1.82, 2.24) is 20.6 Å². The molecule has 0 spiro atoms. The van der Waals surface area contributed by atoms with Crippen molar-refractivity contribution in [3.63, 3.8) is 0 Å². The number of para-hydroxylation sites is 2. The van der Waals surface area contributed by atoms with E-state index in [2.05, 4.69) is 32.7 Å². The Labute approximate surface area is 178 Å². The zero-order chi connectivity index (χ0) is 20.3. The molecule has 1 aliphatic heterocycles. The minimum Gasteiger partial charge on any atom is -0.367 e. The van der Waals surface area contributed by atoms with Crippen molar-refractivity contribution in [3.8, 4) is 0 Å². The number of thioether (sulfide) groups is 1. The van der Waals surface area contributed by atoms with Crippen LogP contribution in [0.4, 0.5) is 0 Å². The Kier molecular flexibility index (Phi) is 4.91. The molecular formula is C24H18N4OS. The fraction of sp³-hybridized carbons (Fsp3) is 0.0417. The lowest BCUT2D eigenvalue weighted by Gasteiger charge is -2.12. The summed E-state index contributed by atoms with van der Waals surface area (Å²) >= 11 is 1.58. The first kappa shape index (κ1) is 18.4. The highest BCUT2D eigenvalue weighted by atomic mass is 32.2. The first-order valence-electron chi connectivity index (χ1n) is 9.59. The molecule has 1 aliphatic rings. The highest BCUT2D eigenvalue weighted by molar-refractivity contribution is 8.03. The molecule has 0 saturated heterocycles. The lowest BCUT2D eigenvalue weighted by molar-refractivity contribution is 0.0964. The zero-order valence-corrected chi connectivity index (χ0v) is 16.8. The summed E-state index contributed by atoms with van der Waals surface area (Å²) in [4.78, 5) is 21.8. The van der Waals surface area contributed by atoms with Gasteiger partial charge < -0.3 is 10.6 Å². The van der Waals surface area contributed by atoms with Gasteiger partial charge in [-0.3, -0.25) is 9.78 Å². The van der Waals surface area contributed by atoms with E-state index in [0.717, 1.165) is 27.4 Å². The average molecular weight is 411 g/mol. The Morgan fingerprint density at radius 2 is 1.53 bits per heavy atom. The van der Waals surface area contributed by atoms with E-state index in [1.165, 1.54) is 6.20 Å². The molecule has 146 valence electrons. The molecule has 5 rings (SSSR count). The Balaban J connectivity index is 1.46. The van der Waals surface area contributed by atoms with Gasteiger partial charge in [0.25, 0.3) is 5.91 Å². The maximum Gasteiger partial charge on any atom is 0.276 e. The summed E-state index contributed by atoms with van der Waals surface area (Å²) in [5, 5.41) is 7.39. The molecule has 1 unspecified atom stereocenters. The fourth-order valence-electron chi connectivity index (χ4n) is 3.33. The molecule has 0 saturated carbocycles. The van der Waals surface area contributed by atoms with Gasteiger partial charge in [0.1, 0.15) is 16.1 Å². The zero-order valence-electron chi connectivity index (χ0n) is 15.9. The minimum atomic E-state index is -0.278. The third-order valence-corrected chi connectivity index (χ3v) is 5.98. The van der Waals surface area contributed by atoms with E-state index in [0.29, 0.717) is 5.52 Å². The standard InChI is InChI=1S/C24H18N4OS/c29-22(20-15-25-18-13-7-8-14-19(18)26-20)28-24-21(16-9-3-1-4-10-16)27-23(30-24)17-11-5-2-6-12-17/h1-15,23,27H,(H,28,29). The number of hydrogen-bond acceptors (Lipinski definition) is 5. The average Bonchev–Trinajstić information content (AvgIpc) is 3.23. The largest absolute Gasteiger partial charge is 0.367 e. The van der Waals surface area contributed by atoms with E-state index in [4.69, 9.17) is 0 Å². The third-order valence-electron chi connectivity index (χ3n) is 4.81. The molecule has 4 aromatic rings. The Morgan fingerprint density at radius 1 is 0.867 bits per heavy atom. The van der Waals surface area contributed by atoms with Gasteiger partial charge in [-0.1, -0.05) is 84.6 Å². The van der Waals surface area contributed by atoms with Gasteiger partial charge in [0.05, 0.1) is 22.9 Å². The van der Waals surface area contributed by atoms with Crippen LogP contribution in [-0.2, 0) is 0 Å². The number of amides is 1. The molecule has 0 fully saturated rings. The number of benzene rings is 3. The van der Waals surface area contributed by atoms with Crippen LogP contribution in [0.2, 0.25) is 0 Å². The van der Waals surface area contributed by atoms with Gasteiger partial charge >= 0.3 is 0 Å². The number of carbonyl (C=O) groups is 1. The maximum absolute atomic E-state index is 13.0. The molecule has 0 aliphatic carbocycles. The van der Waals surface area contributed by atoms with Gasteiger partial charge in [0, 0.05) is 5.56 Å². The van der Waals surface area contributed by atoms with Gasteiger partial charge in [-0.05, 0) is 17.7 Å². The highest BCUT2D eigenvalue weighted by Crippen LogP contribution is 2.42. The van der Waals surface area contributed by atoms with Gasteiger partial charge in [0.2, 0.25) is 0 Å². The van der Waals surface area contributed by atoms with Crippen molar-refractivity contribution in [1.29, 1.82) is 0 Å². The van der Waals surface area contributed by atoms with Crippen molar-refractivity contribution >= 4 is 34.4 Å². The van der Waals surface area contributed by atoms with Crippen LogP contribution >= 0.6 is 11.8 Å². The van der Waals surface area contributed by atoms with Crippen LogP contribution in [0.5, 0.6) is 0 Å². The molecule has 2 N–H and O–H groups in total. The normalized spacial score (nSPS) is 15.8. The molecule has 5 nitrogen and oxygen atoms in total. The summed E-state index contributed by atoms with van der Waals surface area (Å²) in [7, 11) is 0. The second-order valence-electron chi connectivity index (χ2n) is 6.82. The van der Waals surface area contributed by atoms with Crippen LogP contribution in [-0.4, -0.2) is 15.9 Å². The van der Waals surface area contributed by atoms with Crippen LogP contribution in [0.3, 0.4) is 0 Å². The number of rotatable bonds is 4. The van der Waals surface area contributed by atoms with E-state index in [9.17, 15) is 4.79 Å². The number of nitrogens with one attached hydrogen (secondary N) is 2. The van der Waals surface area contributed by atoms with Gasteiger partial charge in [0.15, 0.2) is 0 Å². The summed E-state index contributed by atoms with van der Waals surface area (Å²) in [6.45, 7) is 0. The quantitative estimate of drug-likeness (QED) is 0.510. The molecule has 1 atom stereocenters. The summed E-state index contributed by atoms with van der Waals surface area (Å²) in [6.07, 6.45) is 1.52. The Hall–Kier alpha value is -3.64. The number of fused-ring (bicyclic) bond motifs is 1. The molecule has 30 heavy (non-hydrogen) atoms. The number of aromatic nitrogens is 2. The Bertz CT molecular complexity index is 1240. The molecule has 6 heteroatoms. The van der Waals surface area contributed by atoms with Gasteiger partial charge in [-0.25, -0.2) is 4.98 Å². The second kappa shape index (κ2) is 8.00. The topological polar surface area (TPSA) is 66.9 Å². The summed E-state index contributed by atoms with van der Waals surface area (Å²) in [5.74, 6) is -0.278. The first-order valence-corrected chi connectivity index (χ1v) is 10.5. The summed E-state index contributed by atoms with van der Waals surface area (Å²) < 4.78 is 0. The predicted molar refractivity (Wildman–Crippen MR) is 120 cm³/mol. The van der Waals surface area contributed by atoms with Crippen LogP contribution in [0.25, 0.3) is 16.7 Å². The molecule has 1 amide bonds. The first-order chi connectivity index (χ1) is 14.8. The molecular weight excluding hydrogens is 392 g/mol. The van der Waals surface area contributed by atoms with Crippen LogP contribution < -0.4 is 10.6 Å². The lowest BCUT2D eigenvalue weighted by Crippen LogP contribution is -2.23. The van der Waals surface area contributed by atoms with Crippen molar-refractivity contribution < 1.29 is 4.79 Å². The number of nitrogens with zero attached hydrogens (tertiary/aromatic N) is 2. The van der Waals surface area contributed by atoms with E-state index in [1.54, 1.807) is 11.8 Å². The van der Waals surface area contributed by atoms with Crippen LogP contribution in [0.1, 0.15) is 27.0 Å². The fourth-order valence-corrected chi connectivity index (χ4v) is 4.48. The molecule has 3 aromatic carbocycles. The smallest absolute Gasteiger partial charge is 0.276 e. The molecule has 0 bridgehead atoms. The third kappa shape index (κ3) is 3.65. The number of hydrogen-bond donors (Lipinski definition) is 2. The number of carbonyl (C=O) groups excluding carboxylic acids is 1. The summed E-state index contributed by atoms with van der Waals surface area (Å²) in [6, 6.07) is 27.7. The second-order valence-corrected chi connectivity index (χ2v) is 7.94. The van der Waals surface area contributed by atoms with Crippen LogP contribution in [0.15, 0.2) is 96.2 Å². The summed E-state index contributed by atoms with van der Waals surface area (Å²) in [5.41, 5.74) is 4.81. The van der Waals surface area contributed by atoms with E-state index in [1.807, 2.05) is 72.8 Å². The van der Waals surface area contributed by atoms with Gasteiger partial charge in [-0.15, -0.1) is 0 Å². The SMILES string of the molecule is O=C(NC1=C(c2ccccc2)NC(c2ccccc2)S1)c1cnc2ccccc2n1. The lowest BCUT2D eigenvalue weighted by atomic mass is 10.1. The van der Waals surface area contributed by atoms with E-state index >= 15 is 0 Å². The van der Waals surface area contributed by atoms with Crippen molar-refractivity contribution in [2.24, 2.45) is 0 Å². The maximum atomic E-state index is 13.0. The van der Waals surface area contributed by atoms with E-state index < -0.39 is 0 Å². The monoisotopic (exact) mass is 410 g/mol. The van der Waals surface area contributed by atoms with Crippen LogP contribution in [0, 0.1) is 0 Å². The van der Waals surface area contributed by atoms with Crippen molar-refractivity contribution in [2.75, 3.05) is 0 Å². The van der Waals surface area contributed by atoms with Gasteiger partial charge in [-0.2, -0.15) is 0 Å². The van der Waals surface area contributed by atoms with Crippen molar-refractivity contribution in [3.05, 3.63) is 113 Å². The minimum absolute atomic E-state index is 0.0133. The molecule has 0 radical (unpaired) electrons. The van der Waals surface area contributed by atoms with E-state index in [-0.39, 0.29) is 17.0 Å². The molecule has 2 heterocycles. The molecule has 1 aromatic heterocycles. The van der Waals surface area contributed by atoms with Crippen molar-refractivity contribution in [2.45, 2.75) is 5.37 Å². The predicted octanol–water partition coefficient (Wildman–Crippen LogP) is 4.72.